The lowest BCUT2D eigenvalue weighted by Gasteiger charge is -2.09. The van der Waals surface area contributed by atoms with Crippen LogP contribution in [0.1, 0.15) is 23.9 Å². The number of benzene rings is 2. The van der Waals surface area contributed by atoms with Crippen molar-refractivity contribution in [1.29, 1.82) is 0 Å². The van der Waals surface area contributed by atoms with Crippen LogP contribution < -0.4 is 14.8 Å². The lowest BCUT2D eigenvalue weighted by molar-refractivity contribution is -0.111. The molecule has 9 heteroatoms. The van der Waals surface area contributed by atoms with Gasteiger partial charge >= 0.3 is 0 Å². The van der Waals surface area contributed by atoms with E-state index in [2.05, 4.69) is 20.0 Å². The average Bonchev–Trinajstić information content (AvgIpc) is 2.72. The molecule has 0 saturated heterocycles. The topological polar surface area (TPSA) is 110 Å². The number of hydrogen-bond acceptors (Lipinski definition) is 6. The molecule has 2 aromatic carbocycles. The molecular weight excluding hydrogens is 428 g/mol. The van der Waals surface area contributed by atoms with Gasteiger partial charge in [-0.1, -0.05) is 18.2 Å². The van der Waals surface area contributed by atoms with Crippen LogP contribution in [0.25, 0.3) is 6.08 Å². The molecule has 1 heterocycles. The Morgan fingerprint density at radius 3 is 2.34 bits per heavy atom. The van der Waals surface area contributed by atoms with Crippen LogP contribution in [0.5, 0.6) is 5.75 Å². The number of carbonyl (C=O) groups is 1. The quantitative estimate of drug-likeness (QED) is 0.501. The van der Waals surface area contributed by atoms with Gasteiger partial charge in [0, 0.05) is 28.7 Å². The molecule has 3 aromatic rings. The molecule has 1 aromatic heterocycles. The van der Waals surface area contributed by atoms with Gasteiger partial charge in [0.25, 0.3) is 10.0 Å². The van der Waals surface area contributed by atoms with Crippen molar-refractivity contribution in [3.63, 3.8) is 0 Å². The SMILES string of the molecule is CCOc1ccccc1/C=C/C(=O)Nc1ccc(S(=O)(=O)Nc2nc(C)cc(C)n2)cc1. The molecule has 0 saturated carbocycles. The third-order valence-corrected chi connectivity index (χ3v) is 5.62. The number of aromatic nitrogens is 2. The monoisotopic (exact) mass is 452 g/mol. The molecule has 1 amide bonds. The summed E-state index contributed by atoms with van der Waals surface area (Å²) in [4.78, 5) is 20.5. The number of anilines is 2. The van der Waals surface area contributed by atoms with E-state index in [1.54, 1.807) is 26.0 Å². The van der Waals surface area contributed by atoms with Crippen molar-refractivity contribution in [2.24, 2.45) is 0 Å². The molecular formula is C23H24N4O4S. The molecule has 0 aliphatic carbocycles. The predicted octanol–water partition coefficient (Wildman–Crippen LogP) is 3.94. The van der Waals surface area contributed by atoms with Crippen LogP contribution in [-0.4, -0.2) is 30.9 Å². The number of amides is 1. The summed E-state index contributed by atoms with van der Waals surface area (Å²) in [5.74, 6) is 0.347. The molecule has 0 spiro atoms. The predicted molar refractivity (Wildman–Crippen MR) is 124 cm³/mol. The average molecular weight is 453 g/mol. The minimum absolute atomic E-state index is 0.0114. The van der Waals surface area contributed by atoms with E-state index in [4.69, 9.17) is 4.74 Å². The number of sulfonamides is 1. The first-order chi connectivity index (χ1) is 15.3. The Morgan fingerprint density at radius 2 is 1.69 bits per heavy atom. The first kappa shape index (κ1) is 23.0. The van der Waals surface area contributed by atoms with E-state index in [0.717, 1.165) is 5.56 Å². The van der Waals surface area contributed by atoms with E-state index in [-0.39, 0.29) is 16.8 Å². The maximum Gasteiger partial charge on any atom is 0.264 e. The molecule has 0 unspecified atom stereocenters. The number of ether oxygens (including phenoxy) is 1. The van der Waals surface area contributed by atoms with Gasteiger partial charge in [-0.2, -0.15) is 0 Å². The van der Waals surface area contributed by atoms with Gasteiger partial charge in [-0.05, 0) is 63.2 Å². The molecule has 0 aliphatic rings. The van der Waals surface area contributed by atoms with E-state index < -0.39 is 10.0 Å². The van der Waals surface area contributed by atoms with Gasteiger partial charge in [-0.15, -0.1) is 0 Å². The minimum atomic E-state index is -3.86. The normalized spacial score (nSPS) is 11.3. The number of nitrogens with one attached hydrogen (secondary N) is 2. The highest BCUT2D eigenvalue weighted by atomic mass is 32.2. The third kappa shape index (κ3) is 6.14. The molecule has 0 bridgehead atoms. The highest BCUT2D eigenvalue weighted by Gasteiger charge is 2.16. The fourth-order valence-corrected chi connectivity index (χ4v) is 3.87. The van der Waals surface area contributed by atoms with Crippen LogP contribution in [0.4, 0.5) is 11.6 Å². The summed E-state index contributed by atoms with van der Waals surface area (Å²) >= 11 is 0. The van der Waals surface area contributed by atoms with Gasteiger partial charge < -0.3 is 10.1 Å². The molecule has 0 radical (unpaired) electrons. The van der Waals surface area contributed by atoms with Gasteiger partial charge in [-0.25, -0.2) is 23.1 Å². The Balaban J connectivity index is 1.67. The van der Waals surface area contributed by atoms with Gasteiger partial charge in [0.05, 0.1) is 11.5 Å². The number of rotatable bonds is 8. The Labute approximate surface area is 187 Å². The van der Waals surface area contributed by atoms with Crippen molar-refractivity contribution in [1.82, 2.24) is 9.97 Å². The lowest BCUT2D eigenvalue weighted by Crippen LogP contribution is -2.16. The van der Waals surface area contributed by atoms with Crippen LogP contribution in [0.3, 0.4) is 0 Å². The molecule has 166 valence electrons. The van der Waals surface area contributed by atoms with Crippen molar-refractivity contribution in [2.75, 3.05) is 16.6 Å². The second kappa shape index (κ2) is 10.1. The number of nitrogens with zero attached hydrogens (tertiary/aromatic N) is 2. The van der Waals surface area contributed by atoms with Gasteiger partial charge in [0.1, 0.15) is 5.75 Å². The van der Waals surface area contributed by atoms with Crippen LogP contribution in [0.2, 0.25) is 0 Å². The maximum atomic E-state index is 12.6. The Hall–Kier alpha value is -3.72. The van der Waals surface area contributed by atoms with E-state index in [0.29, 0.717) is 29.4 Å². The van der Waals surface area contributed by atoms with Crippen molar-refractivity contribution in [3.05, 3.63) is 77.6 Å². The third-order valence-electron chi connectivity index (χ3n) is 4.27. The fraction of sp³-hybridized carbons (Fsp3) is 0.174. The molecule has 32 heavy (non-hydrogen) atoms. The second-order valence-electron chi connectivity index (χ2n) is 6.90. The maximum absolute atomic E-state index is 12.6. The van der Waals surface area contributed by atoms with E-state index in [9.17, 15) is 13.2 Å². The first-order valence-electron chi connectivity index (χ1n) is 9.93. The van der Waals surface area contributed by atoms with Crippen LogP contribution in [0, 0.1) is 13.8 Å². The van der Waals surface area contributed by atoms with Crippen molar-refractivity contribution in [2.45, 2.75) is 25.7 Å². The molecule has 3 rings (SSSR count). The zero-order chi connectivity index (χ0) is 23.1. The molecule has 0 aliphatic heterocycles. The first-order valence-corrected chi connectivity index (χ1v) is 11.4. The number of para-hydroxylation sites is 1. The number of aryl methyl sites for hydroxylation is 2. The lowest BCUT2D eigenvalue weighted by atomic mass is 10.2. The zero-order valence-corrected chi connectivity index (χ0v) is 18.8. The fourth-order valence-electron chi connectivity index (χ4n) is 2.92. The Kier molecular flexibility index (Phi) is 7.21. The molecule has 2 N–H and O–H groups in total. The van der Waals surface area contributed by atoms with Crippen LogP contribution >= 0.6 is 0 Å². The number of hydrogen-bond donors (Lipinski definition) is 2. The van der Waals surface area contributed by atoms with E-state index in [1.165, 1.54) is 30.3 Å². The Bertz CT molecular complexity index is 1220. The molecule has 8 nitrogen and oxygen atoms in total. The smallest absolute Gasteiger partial charge is 0.264 e. The van der Waals surface area contributed by atoms with Gasteiger partial charge in [0.2, 0.25) is 11.9 Å². The highest BCUT2D eigenvalue weighted by Crippen LogP contribution is 2.20. The van der Waals surface area contributed by atoms with Crippen molar-refractivity contribution >= 4 is 33.6 Å². The van der Waals surface area contributed by atoms with Gasteiger partial charge in [0.15, 0.2) is 0 Å². The summed E-state index contributed by atoms with van der Waals surface area (Å²) < 4.78 is 33.1. The van der Waals surface area contributed by atoms with E-state index >= 15 is 0 Å². The van der Waals surface area contributed by atoms with Gasteiger partial charge in [-0.3, -0.25) is 4.79 Å². The second-order valence-corrected chi connectivity index (χ2v) is 8.58. The molecule has 0 atom stereocenters. The van der Waals surface area contributed by atoms with Crippen LogP contribution in [-0.2, 0) is 14.8 Å². The minimum Gasteiger partial charge on any atom is -0.493 e. The summed E-state index contributed by atoms with van der Waals surface area (Å²) in [7, 11) is -3.86. The summed E-state index contributed by atoms with van der Waals surface area (Å²) in [6.45, 7) is 5.93. The summed E-state index contributed by atoms with van der Waals surface area (Å²) in [5.41, 5.74) is 2.56. The van der Waals surface area contributed by atoms with Crippen LogP contribution in [0.15, 0.2) is 65.6 Å². The zero-order valence-electron chi connectivity index (χ0n) is 18.0. The summed E-state index contributed by atoms with van der Waals surface area (Å²) in [6, 6.07) is 15.0. The van der Waals surface area contributed by atoms with Crippen molar-refractivity contribution < 1.29 is 17.9 Å². The van der Waals surface area contributed by atoms with Crippen molar-refractivity contribution in [3.8, 4) is 5.75 Å². The summed E-state index contributed by atoms with van der Waals surface area (Å²) in [5, 5.41) is 2.70. The Morgan fingerprint density at radius 1 is 1.03 bits per heavy atom. The largest absolute Gasteiger partial charge is 0.493 e. The molecule has 0 fully saturated rings. The standard InChI is InChI=1S/C23H24N4O4S/c1-4-31-21-8-6-5-7-18(21)9-14-22(28)26-19-10-12-20(13-11-19)32(29,30)27-23-24-16(2)15-17(3)25-23/h5-15H,4H2,1-3H3,(H,26,28)(H,24,25,27)/b14-9+. The summed E-state index contributed by atoms with van der Waals surface area (Å²) in [6.07, 6.45) is 3.05. The highest BCUT2D eigenvalue weighted by molar-refractivity contribution is 7.92. The number of carbonyl (C=O) groups excluding carboxylic acids is 1. The van der Waals surface area contributed by atoms with E-state index in [1.807, 2.05) is 31.2 Å².